The molecule has 27 heavy (non-hydrogen) atoms. The van der Waals surface area contributed by atoms with Crippen LogP contribution in [0.25, 0.3) is 0 Å². The van der Waals surface area contributed by atoms with Crippen LogP contribution in [-0.2, 0) is 10.7 Å². The predicted octanol–water partition coefficient (Wildman–Crippen LogP) is 3.34. The molecule has 0 saturated heterocycles. The molecule has 3 atom stereocenters. The summed E-state index contributed by atoms with van der Waals surface area (Å²) in [5.41, 5.74) is 6.30. The fourth-order valence-corrected chi connectivity index (χ4v) is 4.48. The summed E-state index contributed by atoms with van der Waals surface area (Å²) in [5, 5.41) is 10.8. The van der Waals surface area contributed by atoms with Gasteiger partial charge in [-0.2, -0.15) is 5.26 Å². The Labute approximate surface area is 160 Å². The van der Waals surface area contributed by atoms with Crippen molar-refractivity contribution in [2.45, 2.75) is 42.9 Å². The van der Waals surface area contributed by atoms with E-state index in [-0.39, 0.29) is 22.7 Å². The van der Waals surface area contributed by atoms with E-state index in [0.717, 1.165) is 12.5 Å². The number of guanidine groups is 1. The van der Waals surface area contributed by atoms with Gasteiger partial charge >= 0.3 is 0 Å². The molecule has 2 heterocycles. The lowest BCUT2D eigenvalue weighted by molar-refractivity contribution is -0.130. The third-order valence-corrected chi connectivity index (χ3v) is 6.18. The van der Waals surface area contributed by atoms with Crippen molar-refractivity contribution in [1.82, 2.24) is 4.90 Å². The van der Waals surface area contributed by atoms with E-state index in [1.165, 1.54) is 35.8 Å². The van der Waals surface area contributed by atoms with E-state index in [1.54, 1.807) is 12.1 Å². The summed E-state index contributed by atoms with van der Waals surface area (Å²) in [5.74, 6) is -3.82. The number of likely N-dealkylation sites (N-methyl/N-ethyl adjacent to an activating group) is 1. The minimum atomic E-state index is -2.96. The Morgan fingerprint density at radius 1 is 1.41 bits per heavy atom. The number of alkyl halides is 2. The van der Waals surface area contributed by atoms with Gasteiger partial charge in [-0.15, -0.1) is 11.8 Å². The van der Waals surface area contributed by atoms with Crippen LogP contribution in [0.1, 0.15) is 37.3 Å². The second-order valence-electron chi connectivity index (χ2n) is 7.06. The zero-order valence-corrected chi connectivity index (χ0v) is 16.1. The molecule has 0 radical (unpaired) electrons. The van der Waals surface area contributed by atoms with Crippen LogP contribution < -0.4 is 5.73 Å². The van der Waals surface area contributed by atoms with Crippen LogP contribution in [0, 0.1) is 11.3 Å². The minimum Gasteiger partial charge on any atom is -0.369 e. The van der Waals surface area contributed by atoms with E-state index in [4.69, 9.17) is 5.73 Å². The van der Waals surface area contributed by atoms with Gasteiger partial charge in [0, 0.05) is 19.5 Å². The smallest absolute Gasteiger partial charge is 0.270 e. The summed E-state index contributed by atoms with van der Waals surface area (Å²) < 4.78 is 27.1. The lowest BCUT2D eigenvalue weighted by Crippen LogP contribution is -2.54. The van der Waals surface area contributed by atoms with Crippen LogP contribution in [0.4, 0.5) is 8.78 Å². The maximum Gasteiger partial charge on any atom is 0.270 e. The number of nitrogens with two attached hydrogens (primary N) is 1. The molecular formula is C19H20F2N4OS. The van der Waals surface area contributed by atoms with Gasteiger partial charge in [-0.3, -0.25) is 9.69 Å². The number of thioether (sulfide) groups is 1. The zero-order valence-electron chi connectivity index (χ0n) is 15.2. The summed E-state index contributed by atoms with van der Waals surface area (Å²) >= 11 is 1.39. The van der Waals surface area contributed by atoms with Crippen LogP contribution >= 0.6 is 11.8 Å². The van der Waals surface area contributed by atoms with Crippen LogP contribution in [0.3, 0.4) is 0 Å². The maximum absolute atomic E-state index is 13.5. The van der Waals surface area contributed by atoms with Crippen molar-refractivity contribution in [2.24, 2.45) is 10.7 Å². The molecule has 8 heteroatoms. The average molecular weight is 390 g/mol. The quantitative estimate of drug-likeness (QED) is 0.858. The predicted molar refractivity (Wildman–Crippen MR) is 101 cm³/mol. The summed E-state index contributed by atoms with van der Waals surface area (Å²) in [6.45, 7) is 2.64. The Morgan fingerprint density at radius 3 is 2.56 bits per heavy atom. The Morgan fingerprint density at radius 2 is 2.04 bits per heavy atom. The van der Waals surface area contributed by atoms with Crippen LogP contribution in [-0.4, -0.2) is 34.6 Å². The highest BCUT2D eigenvalue weighted by atomic mass is 32.2. The molecule has 5 nitrogen and oxygen atoms in total. The lowest BCUT2D eigenvalue weighted by Gasteiger charge is -2.41. The maximum atomic E-state index is 13.5. The first-order chi connectivity index (χ1) is 12.6. The number of hydrogen-bond donors (Lipinski definition) is 1. The molecule has 142 valence electrons. The standard InChI is InChI=1S/C19H20F2N4OS/c1-18(13-8-14(9-22)27-10-13)15(16(26)25(3)17(23)24-18)11-4-6-12(7-5-11)19(2,20)21/h4-7,10,14-15H,8H2,1-3H3,(H2,23,24)/t14?,15-,18-/m1/s1. The monoisotopic (exact) mass is 390 g/mol. The largest absolute Gasteiger partial charge is 0.369 e. The van der Waals surface area contributed by atoms with Crippen molar-refractivity contribution in [1.29, 1.82) is 5.26 Å². The lowest BCUT2D eigenvalue weighted by atomic mass is 9.73. The van der Waals surface area contributed by atoms with Crippen LogP contribution in [0.2, 0.25) is 0 Å². The third-order valence-electron chi connectivity index (χ3n) is 5.15. The van der Waals surface area contributed by atoms with Gasteiger partial charge in [0.05, 0.1) is 22.8 Å². The van der Waals surface area contributed by atoms with Crippen molar-refractivity contribution in [3.8, 4) is 6.07 Å². The molecule has 2 N–H and O–H groups in total. The van der Waals surface area contributed by atoms with Gasteiger partial charge in [-0.1, -0.05) is 24.3 Å². The number of hydrogen-bond acceptors (Lipinski definition) is 5. The van der Waals surface area contributed by atoms with Gasteiger partial charge in [0.15, 0.2) is 5.96 Å². The molecule has 0 fully saturated rings. The highest BCUT2D eigenvalue weighted by Crippen LogP contribution is 2.47. The van der Waals surface area contributed by atoms with E-state index in [1.807, 2.05) is 12.3 Å². The third kappa shape index (κ3) is 3.32. The Bertz CT molecular complexity index is 869. The summed E-state index contributed by atoms with van der Waals surface area (Å²) in [4.78, 5) is 18.9. The minimum absolute atomic E-state index is 0.0989. The first-order valence-electron chi connectivity index (χ1n) is 8.43. The van der Waals surface area contributed by atoms with Crippen molar-refractivity contribution < 1.29 is 13.6 Å². The van der Waals surface area contributed by atoms with Crippen LogP contribution in [0.15, 0.2) is 40.2 Å². The number of halogens is 2. The molecule has 1 aromatic carbocycles. The van der Waals surface area contributed by atoms with E-state index < -0.39 is 17.4 Å². The average Bonchev–Trinajstić information content (AvgIpc) is 3.09. The second kappa shape index (κ2) is 6.64. The molecule has 1 aromatic rings. The van der Waals surface area contributed by atoms with Gasteiger partial charge in [0.25, 0.3) is 5.92 Å². The number of carbonyl (C=O) groups excluding carboxylic acids is 1. The molecule has 0 bridgehead atoms. The summed E-state index contributed by atoms with van der Waals surface area (Å²) in [7, 11) is 1.54. The van der Waals surface area contributed by atoms with E-state index in [0.29, 0.717) is 12.0 Å². The van der Waals surface area contributed by atoms with Gasteiger partial charge in [0.2, 0.25) is 5.91 Å². The number of amides is 1. The molecule has 0 saturated carbocycles. The molecule has 2 aliphatic rings. The molecular weight excluding hydrogens is 370 g/mol. The highest BCUT2D eigenvalue weighted by Gasteiger charge is 2.49. The van der Waals surface area contributed by atoms with Crippen molar-refractivity contribution in [3.63, 3.8) is 0 Å². The van der Waals surface area contributed by atoms with E-state index in [2.05, 4.69) is 11.1 Å². The number of nitriles is 1. The fourth-order valence-electron chi connectivity index (χ4n) is 3.48. The number of benzene rings is 1. The van der Waals surface area contributed by atoms with Crippen molar-refractivity contribution in [3.05, 3.63) is 46.4 Å². The van der Waals surface area contributed by atoms with Crippen molar-refractivity contribution >= 4 is 23.6 Å². The van der Waals surface area contributed by atoms with E-state index >= 15 is 0 Å². The number of carbonyl (C=O) groups is 1. The number of nitrogens with zero attached hydrogens (tertiary/aromatic N) is 3. The Kier molecular flexibility index (Phi) is 4.76. The molecule has 1 amide bonds. The number of aliphatic imine (C=N–C) groups is 1. The zero-order chi connectivity index (χ0) is 20.0. The Balaban J connectivity index is 2.07. The van der Waals surface area contributed by atoms with Gasteiger partial charge < -0.3 is 5.73 Å². The molecule has 2 aliphatic heterocycles. The van der Waals surface area contributed by atoms with Crippen LogP contribution in [0.5, 0.6) is 0 Å². The molecule has 1 unspecified atom stereocenters. The fraction of sp³-hybridized carbons (Fsp3) is 0.421. The summed E-state index contributed by atoms with van der Waals surface area (Å²) in [6.07, 6.45) is 0.479. The number of rotatable bonds is 3. The molecule has 3 rings (SSSR count). The highest BCUT2D eigenvalue weighted by molar-refractivity contribution is 8.03. The van der Waals surface area contributed by atoms with Gasteiger partial charge in [0.1, 0.15) is 0 Å². The van der Waals surface area contributed by atoms with E-state index in [9.17, 15) is 18.8 Å². The summed E-state index contributed by atoms with van der Waals surface area (Å²) in [6, 6.07) is 7.97. The first-order valence-corrected chi connectivity index (χ1v) is 9.38. The molecule has 0 spiro atoms. The SMILES string of the molecule is CN1C(=O)[C@@H](c2ccc(C(C)(F)F)cc2)[C@@](C)(C2=CSC(C#N)C2)N=C1N. The topological polar surface area (TPSA) is 82.5 Å². The van der Waals surface area contributed by atoms with Gasteiger partial charge in [-0.25, -0.2) is 13.8 Å². The first kappa shape index (κ1) is 19.4. The molecule has 0 aliphatic carbocycles. The molecule has 0 aromatic heterocycles. The van der Waals surface area contributed by atoms with Gasteiger partial charge in [-0.05, 0) is 29.9 Å². The second-order valence-corrected chi connectivity index (χ2v) is 8.14. The van der Waals surface area contributed by atoms with Crippen molar-refractivity contribution in [2.75, 3.05) is 7.05 Å². The normalized spacial score (nSPS) is 28.6. The Hall–Kier alpha value is -2.40.